The van der Waals surface area contributed by atoms with Crippen LogP contribution in [0.5, 0.6) is 0 Å². The molecule has 6 rings (SSSR count). The average molecular weight is 516 g/mol. The minimum atomic E-state index is -4.57. The molecular formula is C21H22F6N8O. The molecule has 2 aromatic heterocycles. The van der Waals surface area contributed by atoms with Crippen LogP contribution in [0.4, 0.5) is 37.1 Å². The highest BCUT2D eigenvalue weighted by Crippen LogP contribution is 2.54. The van der Waals surface area contributed by atoms with Crippen molar-refractivity contribution in [1.29, 1.82) is 0 Å². The first-order valence-corrected chi connectivity index (χ1v) is 11.6. The Morgan fingerprint density at radius 3 is 2.11 bits per heavy atom. The highest BCUT2D eigenvalue weighted by atomic mass is 19.4. The van der Waals surface area contributed by atoms with E-state index < -0.39 is 24.1 Å². The number of nitrogens with zero attached hydrogens (tertiary/aromatic N) is 8. The van der Waals surface area contributed by atoms with Crippen molar-refractivity contribution < 1.29 is 31.1 Å². The molecule has 2 amide bonds. The van der Waals surface area contributed by atoms with E-state index in [1.807, 2.05) is 0 Å². The number of rotatable bonds is 3. The summed E-state index contributed by atoms with van der Waals surface area (Å²) in [5.41, 5.74) is 0.768. The van der Waals surface area contributed by atoms with Crippen LogP contribution in [0.15, 0.2) is 18.7 Å². The minimum absolute atomic E-state index is 0.0689. The molecule has 0 atom stereocenters. The maximum absolute atomic E-state index is 12.7. The lowest BCUT2D eigenvalue weighted by atomic mass is 9.61. The molecular weight excluding hydrogens is 494 g/mol. The number of carbonyl (C=O) groups excluding carboxylic acids is 1. The maximum Gasteiger partial charge on any atom is 0.453 e. The number of hydrogen-bond donors (Lipinski definition) is 0. The van der Waals surface area contributed by atoms with Gasteiger partial charge in [-0.3, -0.25) is 0 Å². The van der Waals surface area contributed by atoms with E-state index in [4.69, 9.17) is 0 Å². The Bertz CT molecular complexity index is 1140. The Kier molecular flexibility index (Phi) is 4.97. The zero-order valence-corrected chi connectivity index (χ0v) is 18.9. The van der Waals surface area contributed by atoms with Crippen molar-refractivity contribution >= 4 is 12.0 Å². The second-order valence-corrected chi connectivity index (χ2v) is 10.3. The second kappa shape index (κ2) is 7.68. The van der Waals surface area contributed by atoms with Gasteiger partial charge in [-0.15, -0.1) is 5.10 Å². The first-order chi connectivity index (χ1) is 16.9. The molecule has 9 nitrogen and oxygen atoms in total. The molecule has 4 aliphatic rings. The standard InChI is InChI=1S/C21H22F6N8O/c22-20(23,24)14-7-32(8-14)17-28-3-12(4-29-17)13-5-33(6-13)18(36)34-9-19(10-34)1-15(2-19)35-11-30-16(31-35)21(25,26)27/h3-4,11,13-15H,1-2,5-10H2. The van der Waals surface area contributed by atoms with Gasteiger partial charge in [0.05, 0.1) is 12.0 Å². The van der Waals surface area contributed by atoms with Gasteiger partial charge in [-0.05, 0) is 18.4 Å². The van der Waals surface area contributed by atoms with Crippen molar-refractivity contribution in [2.45, 2.75) is 37.2 Å². The van der Waals surface area contributed by atoms with Crippen LogP contribution < -0.4 is 4.90 Å². The second-order valence-electron chi connectivity index (χ2n) is 10.3. The van der Waals surface area contributed by atoms with Crippen molar-refractivity contribution in [2.75, 3.05) is 44.2 Å². The van der Waals surface area contributed by atoms with Gasteiger partial charge >= 0.3 is 18.4 Å². The summed E-state index contributed by atoms with van der Waals surface area (Å²) in [7, 11) is 0. The molecule has 3 aliphatic heterocycles. The first kappa shape index (κ1) is 23.3. The van der Waals surface area contributed by atoms with Gasteiger partial charge < -0.3 is 14.7 Å². The predicted octanol–water partition coefficient (Wildman–Crippen LogP) is 2.94. The molecule has 1 saturated carbocycles. The van der Waals surface area contributed by atoms with E-state index in [1.165, 1.54) is 9.58 Å². The zero-order valence-electron chi connectivity index (χ0n) is 18.9. The molecule has 1 aliphatic carbocycles. The van der Waals surface area contributed by atoms with Gasteiger partial charge in [-0.25, -0.2) is 24.4 Å². The molecule has 194 valence electrons. The molecule has 5 heterocycles. The first-order valence-electron chi connectivity index (χ1n) is 11.6. The third kappa shape index (κ3) is 3.92. The largest absolute Gasteiger partial charge is 0.453 e. The molecule has 3 saturated heterocycles. The molecule has 0 bridgehead atoms. The van der Waals surface area contributed by atoms with Crippen LogP contribution in [0.2, 0.25) is 0 Å². The van der Waals surface area contributed by atoms with E-state index in [2.05, 4.69) is 20.1 Å². The number of carbonyl (C=O) groups is 1. The lowest BCUT2D eigenvalue weighted by Gasteiger charge is -2.60. The number of likely N-dealkylation sites (tertiary alicyclic amines) is 2. The number of alkyl halides is 6. The van der Waals surface area contributed by atoms with Crippen molar-refractivity contribution in [2.24, 2.45) is 11.3 Å². The summed E-state index contributed by atoms with van der Waals surface area (Å²) in [4.78, 5) is 29.4. The summed E-state index contributed by atoms with van der Waals surface area (Å²) in [6.07, 6.45) is -3.12. The van der Waals surface area contributed by atoms with Crippen LogP contribution in [0.25, 0.3) is 0 Å². The van der Waals surface area contributed by atoms with E-state index >= 15 is 0 Å². The van der Waals surface area contributed by atoms with E-state index in [-0.39, 0.29) is 42.4 Å². The SMILES string of the molecule is O=C(N1CC(c2cnc(N3CC(C(F)(F)F)C3)nc2)C1)N1CC2(CC(n3cnc(C(F)(F)F)n3)C2)C1. The normalized spacial score (nSPS) is 22.8. The predicted molar refractivity (Wildman–Crippen MR) is 111 cm³/mol. The molecule has 1 spiro atoms. The van der Waals surface area contributed by atoms with Crippen molar-refractivity contribution in [3.63, 3.8) is 0 Å². The van der Waals surface area contributed by atoms with Crippen LogP contribution in [0.1, 0.15) is 36.2 Å². The summed E-state index contributed by atoms with van der Waals surface area (Å²) in [6.45, 7) is 1.87. The number of amides is 2. The smallest absolute Gasteiger partial charge is 0.339 e. The van der Waals surface area contributed by atoms with Crippen LogP contribution in [0, 0.1) is 11.3 Å². The highest BCUT2D eigenvalue weighted by molar-refractivity contribution is 5.77. The van der Waals surface area contributed by atoms with Gasteiger partial charge in [-0.1, -0.05) is 0 Å². The van der Waals surface area contributed by atoms with E-state index in [9.17, 15) is 31.1 Å². The number of hydrogen-bond acceptors (Lipinski definition) is 6. The molecule has 0 unspecified atom stereocenters. The van der Waals surface area contributed by atoms with Gasteiger partial charge in [0, 0.05) is 63.0 Å². The molecule has 15 heteroatoms. The van der Waals surface area contributed by atoms with Crippen molar-refractivity contribution in [3.05, 3.63) is 30.1 Å². The number of aromatic nitrogens is 5. The number of urea groups is 1. The van der Waals surface area contributed by atoms with E-state index in [0.29, 0.717) is 39.0 Å². The van der Waals surface area contributed by atoms with E-state index in [1.54, 1.807) is 22.2 Å². The lowest BCUT2D eigenvalue weighted by molar-refractivity contribution is -0.180. The Hall–Kier alpha value is -3.13. The maximum atomic E-state index is 12.7. The lowest BCUT2D eigenvalue weighted by Crippen LogP contribution is -2.67. The quantitative estimate of drug-likeness (QED) is 0.584. The number of anilines is 1. The summed E-state index contributed by atoms with van der Waals surface area (Å²) < 4.78 is 77.3. The summed E-state index contributed by atoms with van der Waals surface area (Å²) in [6, 6.07) is -0.213. The topological polar surface area (TPSA) is 83.3 Å². The fourth-order valence-corrected chi connectivity index (χ4v) is 5.46. The van der Waals surface area contributed by atoms with Crippen molar-refractivity contribution in [1.82, 2.24) is 34.5 Å². The molecule has 0 N–H and O–H groups in total. The Morgan fingerprint density at radius 1 is 0.917 bits per heavy atom. The number of halogens is 6. The fourth-order valence-electron chi connectivity index (χ4n) is 5.46. The molecule has 2 aromatic rings. The zero-order chi connectivity index (χ0) is 25.5. The van der Waals surface area contributed by atoms with Gasteiger partial charge in [0.1, 0.15) is 6.33 Å². The summed E-state index contributed by atoms with van der Waals surface area (Å²) >= 11 is 0. The molecule has 4 fully saturated rings. The third-order valence-corrected chi connectivity index (χ3v) is 7.71. The van der Waals surface area contributed by atoms with Crippen LogP contribution in [0.3, 0.4) is 0 Å². The summed E-state index contributed by atoms with van der Waals surface area (Å²) in [5, 5.41) is 3.54. The molecule has 36 heavy (non-hydrogen) atoms. The van der Waals surface area contributed by atoms with Crippen LogP contribution in [-0.4, -0.2) is 86.0 Å². The summed E-state index contributed by atoms with van der Waals surface area (Å²) in [5.74, 6) is -2.14. The fraction of sp³-hybridized carbons (Fsp3) is 0.667. The van der Waals surface area contributed by atoms with Gasteiger partial charge in [-0.2, -0.15) is 26.3 Å². The Labute approximate surface area is 201 Å². The van der Waals surface area contributed by atoms with Gasteiger partial charge in [0.2, 0.25) is 5.95 Å². The average Bonchev–Trinajstić information content (AvgIpc) is 3.14. The highest BCUT2D eigenvalue weighted by Gasteiger charge is 2.56. The van der Waals surface area contributed by atoms with Gasteiger partial charge in [0.25, 0.3) is 5.82 Å². The van der Waals surface area contributed by atoms with Crippen LogP contribution in [-0.2, 0) is 6.18 Å². The monoisotopic (exact) mass is 516 g/mol. The minimum Gasteiger partial charge on any atom is -0.339 e. The molecule has 0 aromatic carbocycles. The van der Waals surface area contributed by atoms with E-state index in [0.717, 1.165) is 11.9 Å². The van der Waals surface area contributed by atoms with Crippen molar-refractivity contribution in [3.8, 4) is 0 Å². The Balaban J connectivity index is 0.942. The van der Waals surface area contributed by atoms with Crippen LogP contribution >= 0.6 is 0 Å². The van der Waals surface area contributed by atoms with Gasteiger partial charge in [0.15, 0.2) is 0 Å². The third-order valence-electron chi connectivity index (χ3n) is 7.71. The Morgan fingerprint density at radius 2 is 1.56 bits per heavy atom. The molecule has 0 radical (unpaired) electrons.